The maximum Gasteiger partial charge on any atom is 0.327 e. The lowest BCUT2D eigenvalue weighted by Crippen LogP contribution is -2.39. The lowest BCUT2D eigenvalue weighted by Gasteiger charge is -2.35. The van der Waals surface area contributed by atoms with Crippen molar-refractivity contribution in [3.63, 3.8) is 0 Å². The molecule has 1 aliphatic rings. The molecule has 0 spiro atoms. The van der Waals surface area contributed by atoms with E-state index in [9.17, 15) is 4.79 Å². The maximum absolute atomic E-state index is 10.3. The second kappa shape index (κ2) is 5.91. The monoisotopic (exact) mass is 211 g/mol. The standard InChI is InChI=1S/C12H21NO2/c1-10(2)13-8-4-6-11(9-13)5-3-7-12(14)15/h3,7,10-11H,4-6,8-9H2,1-2H3,(H,14,15)/b7-3-. The normalized spacial score (nSPS) is 23.8. The van der Waals surface area contributed by atoms with Crippen LogP contribution in [-0.4, -0.2) is 35.1 Å². The number of hydrogen-bond donors (Lipinski definition) is 1. The molecule has 1 rings (SSSR count). The van der Waals surface area contributed by atoms with Gasteiger partial charge in [0.2, 0.25) is 0 Å². The molecule has 3 heteroatoms. The molecule has 0 aromatic carbocycles. The fraction of sp³-hybridized carbons (Fsp3) is 0.750. The lowest BCUT2D eigenvalue weighted by molar-refractivity contribution is -0.131. The van der Waals surface area contributed by atoms with Crippen LogP contribution < -0.4 is 0 Å². The van der Waals surface area contributed by atoms with Crippen molar-refractivity contribution < 1.29 is 9.90 Å². The van der Waals surface area contributed by atoms with Crippen LogP contribution in [0.3, 0.4) is 0 Å². The molecule has 0 radical (unpaired) electrons. The van der Waals surface area contributed by atoms with Crippen molar-refractivity contribution in [2.75, 3.05) is 13.1 Å². The summed E-state index contributed by atoms with van der Waals surface area (Å²) in [6.45, 7) is 6.74. The quantitative estimate of drug-likeness (QED) is 0.724. The highest BCUT2D eigenvalue weighted by Gasteiger charge is 2.20. The number of piperidine rings is 1. The van der Waals surface area contributed by atoms with E-state index in [1.54, 1.807) is 6.08 Å². The van der Waals surface area contributed by atoms with Gasteiger partial charge in [-0.05, 0) is 45.6 Å². The molecule has 1 atom stereocenters. The Kier molecular flexibility index (Phi) is 4.82. The van der Waals surface area contributed by atoms with Crippen LogP contribution >= 0.6 is 0 Å². The van der Waals surface area contributed by atoms with E-state index < -0.39 is 5.97 Å². The first-order valence-electron chi connectivity index (χ1n) is 5.73. The first kappa shape index (κ1) is 12.2. The van der Waals surface area contributed by atoms with E-state index in [0.717, 1.165) is 13.0 Å². The third-order valence-corrected chi connectivity index (χ3v) is 3.01. The number of nitrogens with zero attached hydrogens (tertiary/aromatic N) is 1. The minimum atomic E-state index is -0.841. The SMILES string of the molecule is CC(C)N1CCCC(C/C=C\C(=O)O)C1. The van der Waals surface area contributed by atoms with Gasteiger partial charge < -0.3 is 10.0 Å². The molecular formula is C12H21NO2. The molecule has 1 N–H and O–H groups in total. The van der Waals surface area contributed by atoms with E-state index in [2.05, 4.69) is 18.7 Å². The van der Waals surface area contributed by atoms with Crippen LogP contribution in [0.4, 0.5) is 0 Å². The molecule has 1 aliphatic heterocycles. The Labute approximate surface area is 91.8 Å². The second-order valence-corrected chi connectivity index (χ2v) is 4.57. The molecule has 0 saturated carbocycles. The van der Waals surface area contributed by atoms with Crippen LogP contribution in [0, 0.1) is 5.92 Å². The molecule has 1 heterocycles. The molecule has 1 fully saturated rings. The smallest absolute Gasteiger partial charge is 0.327 e. The highest BCUT2D eigenvalue weighted by Crippen LogP contribution is 2.21. The molecule has 15 heavy (non-hydrogen) atoms. The molecular weight excluding hydrogens is 190 g/mol. The van der Waals surface area contributed by atoms with Gasteiger partial charge in [-0.15, -0.1) is 0 Å². The minimum Gasteiger partial charge on any atom is -0.478 e. The zero-order chi connectivity index (χ0) is 11.3. The number of rotatable bonds is 4. The van der Waals surface area contributed by atoms with E-state index >= 15 is 0 Å². The highest BCUT2D eigenvalue weighted by atomic mass is 16.4. The van der Waals surface area contributed by atoms with E-state index in [1.165, 1.54) is 25.5 Å². The summed E-state index contributed by atoms with van der Waals surface area (Å²) in [5.74, 6) is -0.205. The Balaban J connectivity index is 2.33. The van der Waals surface area contributed by atoms with Gasteiger partial charge in [0.15, 0.2) is 0 Å². The van der Waals surface area contributed by atoms with Crippen LogP contribution in [-0.2, 0) is 4.79 Å². The molecule has 0 bridgehead atoms. The molecule has 3 nitrogen and oxygen atoms in total. The molecule has 1 saturated heterocycles. The minimum absolute atomic E-state index is 0.608. The predicted molar refractivity (Wildman–Crippen MR) is 60.8 cm³/mol. The summed E-state index contributed by atoms with van der Waals surface area (Å²) in [5, 5.41) is 8.49. The fourth-order valence-corrected chi connectivity index (χ4v) is 2.12. The molecule has 0 aliphatic carbocycles. The zero-order valence-electron chi connectivity index (χ0n) is 9.65. The largest absolute Gasteiger partial charge is 0.478 e. The summed E-state index contributed by atoms with van der Waals surface area (Å²) in [7, 11) is 0. The number of likely N-dealkylation sites (tertiary alicyclic amines) is 1. The summed E-state index contributed by atoms with van der Waals surface area (Å²) in [6.07, 6.45) is 6.41. The van der Waals surface area contributed by atoms with Gasteiger partial charge in [0.05, 0.1) is 0 Å². The van der Waals surface area contributed by atoms with Crippen molar-refractivity contribution in [3.8, 4) is 0 Å². The second-order valence-electron chi connectivity index (χ2n) is 4.57. The average molecular weight is 211 g/mol. The summed E-state index contributed by atoms with van der Waals surface area (Å²) in [6, 6.07) is 0.608. The Morgan fingerprint density at radius 3 is 2.93 bits per heavy atom. The third-order valence-electron chi connectivity index (χ3n) is 3.01. The maximum atomic E-state index is 10.3. The van der Waals surface area contributed by atoms with Crippen molar-refractivity contribution in [2.24, 2.45) is 5.92 Å². The van der Waals surface area contributed by atoms with Gasteiger partial charge in [0, 0.05) is 18.7 Å². The number of allylic oxidation sites excluding steroid dienone is 1. The first-order chi connectivity index (χ1) is 7.09. The van der Waals surface area contributed by atoms with E-state index in [0.29, 0.717) is 12.0 Å². The van der Waals surface area contributed by atoms with Crippen molar-refractivity contribution >= 4 is 5.97 Å². The Bertz CT molecular complexity index is 236. The Morgan fingerprint density at radius 1 is 1.60 bits per heavy atom. The molecule has 86 valence electrons. The molecule has 0 aromatic heterocycles. The van der Waals surface area contributed by atoms with E-state index in [4.69, 9.17) is 5.11 Å². The van der Waals surface area contributed by atoms with Gasteiger partial charge in [0.25, 0.3) is 0 Å². The number of carboxylic acid groups (broad SMARTS) is 1. The molecule has 0 amide bonds. The van der Waals surface area contributed by atoms with Crippen LogP contribution in [0.2, 0.25) is 0 Å². The summed E-state index contributed by atoms with van der Waals surface area (Å²) >= 11 is 0. The third kappa shape index (κ3) is 4.47. The van der Waals surface area contributed by atoms with Crippen LogP contribution in [0.1, 0.15) is 33.1 Å². The number of hydrogen-bond acceptors (Lipinski definition) is 2. The Hall–Kier alpha value is -0.830. The van der Waals surface area contributed by atoms with Gasteiger partial charge >= 0.3 is 5.97 Å². The van der Waals surface area contributed by atoms with Gasteiger partial charge in [-0.2, -0.15) is 0 Å². The van der Waals surface area contributed by atoms with Crippen molar-refractivity contribution in [3.05, 3.63) is 12.2 Å². The summed E-state index contributed by atoms with van der Waals surface area (Å²) in [5.41, 5.74) is 0. The predicted octanol–water partition coefficient (Wildman–Crippen LogP) is 2.14. The summed E-state index contributed by atoms with van der Waals surface area (Å²) in [4.78, 5) is 12.8. The van der Waals surface area contributed by atoms with Gasteiger partial charge in [0.1, 0.15) is 0 Å². The number of carbonyl (C=O) groups is 1. The van der Waals surface area contributed by atoms with Crippen molar-refractivity contribution in [1.82, 2.24) is 4.90 Å². The topological polar surface area (TPSA) is 40.5 Å². The van der Waals surface area contributed by atoms with Crippen LogP contribution in [0.15, 0.2) is 12.2 Å². The van der Waals surface area contributed by atoms with E-state index in [1.807, 2.05) is 0 Å². The lowest BCUT2D eigenvalue weighted by atomic mass is 9.94. The summed E-state index contributed by atoms with van der Waals surface area (Å²) < 4.78 is 0. The first-order valence-corrected chi connectivity index (χ1v) is 5.73. The zero-order valence-corrected chi connectivity index (χ0v) is 9.65. The van der Waals surface area contributed by atoms with Gasteiger partial charge in [-0.3, -0.25) is 0 Å². The Morgan fingerprint density at radius 2 is 2.33 bits per heavy atom. The van der Waals surface area contributed by atoms with Gasteiger partial charge in [-0.25, -0.2) is 4.79 Å². The average Bonchev–Trinajstić information content (AvgIpc) is 2.17. The van der Waals surface area contributed by atoms with E-state index in [-0.39, 0.29) is 0 Å². The number of aliphatic carboxylic acids is 1. The highest BCUT2D eigenvalue weighted by molar-refractivity contribution is 5.79. The molecule has 0 aromatic rings. The van der Waals surface area contributed by atoms with Crippen molar-refractivity contribution in [1.29, 1.82) is 0 Å². The van der Waals surface area contributed by atoms with Crippen LogP contribution in [0.5, 0.6) is 0 Å². The fourth-order valence-electron chi connectivity index (χ4n) is 2.12. The molecule has 1 unspecified atom stereocenters. The van der Waals surface area contributed by atoms with Gasteiger partial charge in [-0.1, -0.05) is 6.08 Å². The number of carboxylic acids is 1. The van der Waals surface area contributed by atoms with Crippen LogP contribution in [0.25, 0.3) is 0 Å². The van der Waals surface area contributed by atoms with Crippen molar-refractivity contribution in [2.45, 2.75) is 39.2 Å².